The number of likely N-dealkylation sites (tertiary alicyclic amines) is 1. The number of hydrogen-bond donors (Lipinski definition) is 1. The van der Waals surface area contributed by atoms with Crippen LogP contribution in [0.2, 0.25) is 5.02 Å². The van der Waals surface area contributed by atoms with Gasteiger partial charge in [0.25, 0.3) is 0 Å². The highest BCUT2D eigenvalue weighted by Gasteiger charge is 2.46. The first-order chi connectivity index (χ1) is 16.6. The Hall–Kier alpha value is -1.82. The fourth-order valence-electron chi connectivity index (χ4n) is 8.05. The number of aryl methyl sites for hydroxylation is 1. The maximum atomic E-state index is 12.8. The minimum Gasteiger partial charge on any atom is -0.506 e. The Labute approximate surface area is 205 Å². The lowest BCUT2D eigenvalue weighted by Crippen LogP contribution is -2.59. The lowest BCUT2D eigenvalue weighted by molar-refractivity contribution is -0.00274. The summed E-state index contributed by atoms with van der Waals surface area (Å²) in [4.78, 5) is 18.1. The molecule has 2 aliphatic carbocycles. The smallest absolute Gasteiger partial charge is 0.339 e. The maximum absolute atomic E-state index is 12.8. The number of hydrogen-bond acceptors (Lipinski definition) is 5. The SMILES string of the molecule is O=c1oc2c(CN3CCCC4=CC5CC(CN6CCCCC56)C43)c(O)c(Cl)cc2c2c1CCC2. The highest BCUT2D eigenvalue weighted by molar-refractivity contribution is 6.33. The largest absolute Gasteiger partial charge is 0.506 e. The minimum atomic E-state index is -0.244. The molecule has 3 fully saturated rings. The van der Waals surface area contributed by atoms with Crippen LogP contribution in [0.5, 0.6) is 5.75 Å². The number of nitrogens with zero attached hydrogens (tertiary/aromatic N) is 2. The van der Waals surface area contributed by atoms with Crippen LogP contribution in [-0.2, 0) is 19.4 Å². The van der Waals surface area contributed by atoms with Crippen molar-refractivity contribution in [3.8, 4) is 5.75 Å². The van der Waals surface area contributed by atoms with Gasteiger partial charge in [0.2, 0.25) is 0 Å². The Morgan fingerprint density at radius 2 is 1.97 bits per heavy atom. The predicted octanol–water partition coefficient (Wildman–Crippen LogP) is 5.04. The van der Waals surface area contributed by atoms with E-state index in [0.29, 0.717) is 40.6 Å². The van der Waals surface area contributed by atoms with Crippen molar-refractivity contribution in [3.05, 3.63) is 49.8 Å². The number of piperidine rings is 3. The summed E-state index contributed by atoms with van der Waals surface area (Å²) in [5.41, 5.74) is 4.44. The van der Waals surface area contributed by atoms with Gasteiger partial charge in [-0.15, -0.1) is 0 Å². The number of aromatic hydroxyl groups is 1. The number of phenolic OH excluding ortho intramolecular Hbond substituents is 1. The summed E-state index contributed by atoms with van der Waals surface area (Å²) < 4.78 is 5.88. The summed E-state index contributed by atoms with van der Waals surface area (Å²) in [6.45, 7) is 3.99. The first kappa shape index (κ1) is 21.5. The Morgan fingerprint density at radius 3 is 2.88 bits per heavy atom. The Balaban J connectivity index is 1.29. The first-order valence-corrected chi connectivity index (χ1v) is 13.6. The van der Waals surface area contributed by atoms with Gasteiger partial charge in [0.05, 0.1) is 10.6 Å². The van der Waals surface area contributed by atoms with Gasteiger partial charge < -0.3 is 9.52 Å². The molecule has 5 nitrogen and oxygen atoms in total. The lowest BCUT2D eigenvalue weighted by atomic mass is 9.68. The third-order valence-electron chi connectivity index (χ3n) is 9.41. The van der Waals surface area contributed by atoms with Crippen LogP contribution in [-0.4, -0.2) is 46.6 Å². The molecule has 180 valence electrons. The normalized spacial score (nSPS) is 31.1. The summed E-state index contributed by atoms with van der Waals surface area (Å²) in [5, 5.41) is 12.3. The van der Waals surface area contributed by atoms with Gasteiger partial charge in [-0.05, 0) is 87.9 Å². The molecule has 6 heteroatoms. The molecule has 1 N–H and O–H groups in total. The summed E-state index contributed by atoms with van der Waals surface area (Å²) in [6.07, 6.45) is 12.9. The predicted molar refractivity (Wildman–Crippen MR) is 134 cm³/mol. The number of benzene rings is 1. The van der Waals surface area contributed by atoms with Crippen molar-refractivity contribution < 1.29 is 9.52 Å². The molecule has 3 saturated heterocycles. The standard InChI is InChI=1S/C28H33ClN2O3/c29-23-13-21-19-6-3-7-20(19)28(33)34-27(21)22(26(23)32)15-31-10-4-5-16-11-17-12-18(25(16)31)14-30-9-2-1-8-24(17)30/h11,13,17-18,24-25,32H,1-10,12,14-15H2. The van der Waals surface area contributed by atoms with Gasteiger partial charge in [0, 0.05) is 36.1 Å². The topological polar surface area (TPSA) is 56.9 Å². The maximum Gasteiger partial charge on any atom is 0.339 e. The molecular formula is C28H33ClN2O3. The third-order valence-corrected chi connectivity index (χ3v) is 9.70. The van der Waals surface area contributed by atoms with Crippen LogP contribution in [0.1, 0.15) is 61.6 Å². The summed E-state index contributed by atoms with van der Waals surface area (Å²) >= 11 is 6.54. The van der Waals surface area contributed by atoms with E-state index < -0.39 is 0 Å². The van der Waals surface area contributed by atoms with E-state index in [1.165, 1.54) is 45.2 Å². The number of rotatable bonds is 2. The summed E-state index contributed by atoms with van der Waals surface area (Å²) in [7, 11) is 0. The van der Waals surface area contributed by atoms with E-state index in [9.17, 15) is 9.90 Å². The molecule has 1 aromatic heterocycles. The van der Waals surface area contributed by atoms with Crippen LogP contribution >= 0.6 is 11.6 Å². The van der Waals surface area contributed by atoms with Gasteiger partial charge in [-0.3, -0.25) is 9.80 Å². The molecule has 0 spiro atoms. The fraction of sp³-hybridized carbons (Fsp3) is 0.607. The molecule has 2 aromatic rings. The zero-order valence-corrected chi connectivity index (χ0v) is 20.4. The monoisotopic (exact) mass is 480 g/mol. The highest BCUT2D eigenvalue weighted by Crippen LogP contribution is 2.46. The zero-order valence-electron chi connectivity index (χ0n) is 19.7. The molecular weight excluding hydrogens is 448 g/mol. The number of halogens is 1. The van der Waals surface area contributed by atoms with Crippen molar-refractivity contribution in [1.82, 2.24) is 9.80 Å². The molecule has 0 saturated carbocycles. The molecule has 3 aliphatic heterocycles. The molecule has 4 heterocycles. The van der Waals surface area contributed by atoms with Gasteiger partial charge in [0.1, 0.15) is 11.3 Å². The van der Waals surface area contributed by atoms with Gasteiger partial charge in [-0.25, -0.2) is 4.79 Å². The van der Waals surface area contributed by atoms with Crippen molar-refractivity contribution in [2.24, 2.45) is 11.8 Å². The minimum absolute atomic E-state index is 0.0693. The first-order valence-electron chi connectivity index (χ1n) is 13.3. The van der Waals surface area contributed by atoms with E-state index >= 15 is 0 Å². The molecule has 0 amide bonds. The lowest BCUT2D eigenvalue weighted by Gasteiger charge is -2.54. The van der Waals surface area contributed by atoms with Crippen LogP contribution in [0.4, 0.5) is 0 Å². The molecule has 4 unspecified atom stereocenters. The second-order valence-corrected chi connectivity index (χ2v) is 11.6. The molecule has 1 aromatic carbocycles. The average Bonchev–Trinajstić information content (AvgIpc) is 3.34. The Bertz CT molecular complexity index is 1250. The van der Waals surface area contributed by atoms with E-state index in [0.717, 1.165) is 54.8 Å². The number of fused-ring (bicyclic) bond motifs is 9. The molecule has 2 bridgehead atoms. The average molecular weight is 481 g/mol. The van der Waals surface area contributed by atoms with Crippen molar-refractivity contribution in [2.45, 2.75) is 76.4 Å². The second kappa shape index (κ2) is 8.11. The van der Waals surface area contributed by atoms with Gasteiger partial charge in [-0.2, -0.15) is 0 Å². The molecule has 0 radical (unpaired) electrons. The van der Waals surface area contributed by atoms with Crippen molar-refractivity contribution in [2.75, 3.05) is 19.6 Å². The van der Waals surface area contributed by atoms with E-state index in [1.54, 1.807) is 11.6 Å². The van der Waals surface area contributed by atoms with E-state index in [4.69, 9.17) is 16.0 Å². The zero-order chi connectivity index (χ0) is 23.0. The van der Waals surface area contributed by atoms with Gasteiger partial charge in [0.15, 0.2) is 0 Å². The quantitative estimate of drug-likeness (QED) is 0.482. The van der Waals surface area contributed by atoms with E-state index in [1.807, 2.05) is 0 Å². The number of phenols is 1. The van der Waals surface area contributed by atoms with Crippen molar-refractivity contribution >= 4 is 22.6 Å². The molecule has 34 heavy (non-hydrogen) atoms. The van der Waals surface area contributed by atoms with Crippen LogP contribution in [0.3, 0.4) is 0 Å². The van der Waals surface area contributed by atoms with Gasteiger partial charge >= 0.3 is 5.63 Å². The van der Waals surface area contributed by atoms with E-state index in [-0.39, 0.29) is 11.4 Å². The molecule has 4 atom stereocenters. The van der Waals surface area contributed by atoms with Gasteiger partial charge in [-0.1, -0.05) is 29.7 Å². The van der Waals surface area contributed by atoms with Crippen molar-refractivity contribution in [1.29, 1.82) is 0 Å². The van der Waals surface area contributed by atoms with Crippen LogP contribution in [0.25, 0.3) is 11.0 Å². The Kier molecular flexibility index (Phi) is 5.12. The fourth-order valence-corrected chi connectivity index (χ4v) is 8.27. The summed E-state index contributed by atoms with van der Waals surface area (Å²) in [6, 6.07) is 2.95. The van der Waals surface area contributed by atoms with Crippen LogP contribution in [0.15, 0.2) is 26.9 Å². The highest BCUT2D eigenvalue weighted by atomic mass is 35.5. The third kappa shape index (κ3) is 3.23. The van der Waals surface area contributed by atoms with Crippen molar-refractivity contribution in [3.63, 3.8) is 0 Å². The Morgan fingerprint density at radius 1 is 1.09 bits per heavy atom. The molecule has 5 aliphatic rings. The molecule has 7 rings (SSSR count). The summed E-state index contributed by atoms with van der Waals surface area (Å²) in [5.74, 6) is 1.40. The van der Waals surface area contributed by atoms with Crippen LogP contribution < -0.4 is 5.63 Å². The van der Waals surface area contributed by atoms with Crippen LogP contribution in [0, 0.1) is 11.8 Å². The second-order valence-electron chi connectivity index (χ2n) is 11.2. The van der Waals surface area contributed by atoms with E-state index in [2.05, 4.69) is 15.9 Å².